The molecule has 0 amide bonds. The van der Waals surface area contributed by atoms with Crippen LogP contribution in [-0.2, 0) is 42.9 Å². The van der Waals surface area contributed by atoms with E-state index in [2.05, 4.69) is 0 Å². The first-order valence-electron chi connectivity index (χ1n) is 7.37. The molecule has 1 unspecified atom stereocenters. The largest absolute Gasteiger partial charge is 0.456 e. The number of hydrogen-bond donors (Lipinski definition) is 0. The summed E-state index contributed by atoms with van der Waals surface area (Å²) in [6, 6.07) is 1.84. The number of rotatable bonds is 5. The number of esters is 4. The van der Waals surface area contributed by atoms with Gasteiger partial charge in [0.1, 0.15) is 6.10 Å². The normalized spacial score (nSPS) is 28.2. The van der Waals surface area contributed by atoms with Crippen molar-refractivity contribution in [3.05, 3.63) is 0 Å². The molecule has 138 valence electrons. The van der Waals surface area contributed by atoms with E-state index < -0.39 is 54.6 Å². The topological polar surface area (TPSA) is 138 Å². The minimum atomic E-state index is -1.43. The quantitative estimate of drug-likeness (QED) is 0.487. The molecule has 0 aromatic rings. The fraction of sp³-hybridized carbons (Fsp3) is 0.667. The van der Waals surface area contributed by atoms with E-state index in [4.69, 9.17) is 28.9 Å². The summed E-state index contributed by atoms with van der Waals surface area (Å²) in [4.78, 5) is 45.5. The van der Waals surface area contributed by atoms with Crippen LogP contribution in [0.3, 0.4) is 0 Å². The van der Waals surface area contributed by atoms with Gasteiger partial charge in [0.05, 0.1) is 12.5 Å². The van der Waals surface area contributed by atoms with E-state index in [0.29, 0.717) is 0 Å². The Balaban J connectivity index is 3.28. The molecule has 5 atom stereocenters. The molecule has 1 aliphatic rings. The summed E-state index contributed by atoms with van der Waals surface area (Å²) in [5.41, 5.74) is 0. The zero-order valence-corrected chi connectivity index (χ0v) is 14.2. The number of nitriles is 1. The van der Waals surface area contributed by atoms with Crippen LogP contribution >= 0.6 is 0 Å². The first kappa shape index (κ1) is 20.4. The maximum absolute atomic E-state index is 11.5. The molecule has 1 fully saturated rings. The predicted molar refractivity (Wildman–Crippen MR) is 77.3 cm³/mol. The highest BCUT2D eigenvalue weighted by atomic mass is 16.7. The molecule has 0 aliphatic carbocycles. The number of hydrogen-bond acceptors (Lipinski definition) is 10. The smallest absolute Gasteiger partial charge is 0.305 e. The highest BCUT2D eigenvalue weighted by Gasteiger charge is 2.53. The zero-order chi connectivity index (χ0) is 19.1. The third-order valence-electron chi connectivity index (χ3n) is 3.07. The number of ether oxygens (including phenoxy) is 5. The van der Waals surface area contributed by atoms with Crippen molar-refractivity contribution < 1.29 is 42.9 Å². The van der Waals surface area contributed by atoms with Crippen LogP contribution in [0.5, 0.6) is 0 Å². The van der Waals surface area contributed by atoms with Gasteiger partial charge in [-0.25, -0.2) is 0 Å². The second-order valence-corrected chi connectivity index (χ2v) is 5.24. The molecule has 0 N–H and O–H groups in total. The van der Waals surface area contributed by atoms with Crippen molar-refractivity contribution in [3.63, 3.8) is 0 Å². The molecule has 0 radical (unpaired) electrons. The highest BCUT2D eigenvalue weighted by molar-refractivity contribution is 5.69. The second-order valence-electron chi connectivity index (χ2n) is 5.24. The number of nitrogens with zero attached hydrogens (tertiary/aromatic N) is 1. The minimum Gasteiger partial charge on any atom is -0.456 e. The summed E-state index contributed by atoms with van der Waals surface area (Å²) in [6.45, 7) is 4.42. The Morgan fingerprint density at radius 2 is 1.24 bits per heavy atom. The second kappa shape index (κ2) is 8.98. The van der Waals surface area contributed by atoms with E-state index >= 15 is 0 Å². The van der Waals surface area contributed by atoms with E-state index in [1.165, 1.54) is 0 Å². The Bertz CT molecular complexity index is 582. The zero-order valence-electron chi connectivity index (χ0n) is 14.2. The summed E-state index contributed by atoms with van der Waals surface area (Å²) >= 11 is 0. The SMILES string of the molecule is CC(=O)OC1O[C@@H](CC#N)[C@@H](OC(C)=O)[C@@H](OC(C)=O)[C@@H]1OC(C)=O. The Labute approximate surface area is 143 Å². The monoisotopic (exact) mass is 357 g/mol. The molecule has 10 nitrogen and oxygen atoms in total. The number of carbonyl (C=O) groups is 4. The van der Waals surface area contributed by atoms with Crippen LogP contribution in [0.1, 0.15) is 34.1 Å². The summed E-state index contributed by atoms with van der Waals surface area (Å²) in [6.07, 6.45) is -6.66. The first-order chi connectivity index (χ1) is 11.6. The molecular formula is C15H19NO9. The van der Waals surface area contributed by atoms with Gasteiger partial charge in [-0.1, -0.05) is 0 Å². The van der Waals surface area contributed by atoms with Gasteiger partial charge >= 0.3 is 23.9 Å². The lowest BCUT2D eigenvalue weighted by molar-refractivity contribution is -0.294. The van der Waals surface area contributed by atoms with E-state index in [-0.39, 0.29) is 6.42 Å². The van der Waals surface area contributed by atoms with Gasteiger partial charge in [0, 0.05) is 27.7 Å². The van der Waals surface area contributed by atoms with E-state index in [9.17, 15) is 19.2 Å². The Hall–Kier alpha value is -2.67. The van der Waals surface area contributed by atoms with Gasteiger partial charge in [0.25, 0.3) is 0 Å². The van der Waals surface area contributed by atoms with Gasteiger partial charge in [0.15, 0.2) is 12.2 Å². The lowest BCUT2D eigenvalue weighted by atomic mass is 9.96. The molecule has 0 spiro atoms. The van der Waals surface area contributed by atoms with Crippen LogP contribution < -0.4 is 0 Å². The molecule has 0 aromatic heterocycles. The van der Waals surface area contributed by atoms with Crippen LogP contribution in [-0.4, -0.2) is 54.6 Å². The lowest BCUT2D eigenvalue weighted by Gasteiger charge is -2.43. The Morgan fingerprint density at radius 3 is 1.68 bits per heavy atom. The molecule has 25 heavy (non-hydrogen) atoms. The van der Waals surface area contributed by atoms with Crippen molar-refractivity contribution in [2.75, 3.05) is 0 Å². The maximum Gasteiger partial charge on any atom is 0.305 e. The number of carbonyl (C=O) groups excluding carboxylic acids is 4. The summed E-state index contributed by atoms with van der Waals surface area (Å²) in [7, 11) is 0. The van der Waals surface area contributed by atoms with Gasteiger partial charge in [0.2, 0.25) is 12.4 Å². The summed E-state index contributed by atoms with van der Waals surface area (Å²) in [5, 5.41) is 8.95. The molecule has 0 saturated carbocycles. The highest BCUT2D eigenvalue weighted by Crippen LogP contribution is 2.30. The van der Waals surface area contributed by atoms with Gasteiger partial charge in [-0.15, -0.1) is 0 Å². The van der Waals surface area contributed by atoms with Crippen molar-refractivity contribution in [2.24, 2.45) is 0 Å². The molecule has 0 aromatic carbocycles. The minimum absolute atomic E-state index is 0.250. The fourth-order valence-corrected chi connectivity index (χ4v) is 2.37. The Morgan fingerprint density at radius 1 is 0.800 bits per heavy atom. The van der Waals surface area contributed by atoms with E-state index in [1.54, 1.807) is 0 Å². The van der Waals surface area contributed by atoms with Crippen LogP contribution in [0.4, 0.5) is 0 Å². The molecule has 1 saturated heterocycles. The van der Waals surface area contributed by atoms with Gasteiger partial charge in [-0.05, 0) is 0 Å². The van der Waals surface area contributed by atoms with Gasteiger partial charge < -0.3 is 23.7 Å². The van der Waals surface area contributed by atoms with E-state index in [1.807, 2.05) is 6.07 Å². The van der Waals surface area contributed by atoms with Crippen molar-refractivity contribution >= 4 is 23.9 Å². The van der Waals surface area contributed by atoms with Crippen molar-refractivity contribution in [1.82, 2.24) is 0 Å². The predicted octanol–water partition coefficient (Wildman–Crippen LogP) is -0.0168. The van der Waals surface area contributed by atoms with Gasteiger partial charge in [-0.2, -0.15) is 5.26 Å². The first-order valence-corrected chi connectivity index (χ1v) is 7.37. The lowest BCUT2D eigenvalue weighted by Crippen LogP contribution is -2.62. The van der Waals surface area contributed by atoms with E-state index in [0.717, 1.165) is 27.7 Å². The van der Waals surface area contributed by atoms with Gasteiger partial charge in [-0.3, -0.25) is 19.2 Å². The standard InChI is InChI=1S/C15H19NO9/c1-7(17)21-12-11(5-6-16)25-15(24-10(4)20)14(23-9(3)19)13(12)22-8(2)18/h11-15H,5H2,1-4H3/t11-,12+,13+,14-,15?/m0/s1. The van der Waals surface area contributed by atoms with Crippen molar-refractivity contribution in [2.45, 2.75) is 64.8 Å². The molecule has 10 heteroatoms. The Kier molecular flexibility index (Phi) is 7.32. The molecule has 1 aliphatic heterocycles. The van der Waals surface area contributed by atoms with Crippen molar-refractivity contribution in [3.8, 4) is 6.07 Å². The van der Waals surface area contributed by atoms with Crippen LogP contribution in [0.25, 0.3) is 0 Å². The van der Waals surface area contributed by atoms with Crippen LogP contribution in [0, 0.1) is 11.3 Å². The fourth-order valence-electron chi connectivity index (χ4n) is 2.37. The third kappa shape index (κ3) is 6.04. The molecule has 1 heterocycles. The molecule has 1 rings (SSSR count). The average Bonchev–Trinajstić information content (AvgIpc) is 2.45. The molecule has 0 bridgehead atoms. The van der Waals surface area contributed by atoms with Crippen LogP contribution in [0.2, 0.25) is 0 Å². The summed E-state index contributed by atoms with van der Waals surface area (Å²) < 4.78 is 25.7. The maximum atomic E-state index is 11.5. The third-order valence-corrected chi connectivity index (χ3v) is 3.07. The van der Waals surface area contributed by atoms with Crippen LogP contribution in [0.15, 0.2) is 0 Å². The molecular weight excluding hydrogens is 338 g/mol. The summed E-state index contributed by atoms with van der Waals surface area (Å²) in [5.74, 6) is -2.98. The van der Waals surface area contributed by atoms with Crippen molar-refractivity contribution in [1.29, 1.82) is 5.26 Å². The average molecular weight is 357 g/mol.